The van der Waals surface area contributed by atoms with Crippen molar-refractivity contribution in [2.75, 3.05) is 11.9 Å². The summed E-state index contributed by atoms with van der Waals surface area (Å²) in [5.74, 6) is -1.19. The molecule has 0 spiro atoms. The quantitative estimate of drug-likeness (QED) is 0.564. The monoisotopic (exact) mass is 387 g/mol. The molecule has 0 atom stereocenters. The Balaban J connectivity index is 1.78. The number of hydrogen-bond donors (Lipinski definition) is 1. The summed E-state index contributed by atoms with van der Waals surface area (Å²) in [5, 5.41) is 3.18. The zero-order valence-corrected chi connectivity index (χ0v) is 16.4. The van der Waals surface area contributed by atoms with Gasteiger partial charge in [-0.1, -0.05) is 29.8 Å². The van der Waals surface area contributed by atoms with E-state index in [1.54, 1.807) is 31.2 Å². The fourth-order valence-corrected chi connectivity index (χ4v) is 2.60. The Morgan fingerprint density at radius 2 is 1.74 bits per heavy atom. The molecule has 0 heterocycles. The van der Waals surface area contributed by atoms with Gasteiger partial charge in [-0.15, -0.1) is 0 Å². The van der Waals surface area contributed by atoms with Crippen molar-refractivity contribution >= 4 is 34.9 Å². The number of esters is 1. The molecule has 0 unspecified atom stereocenters. The number of carbonyl (C=O) groups excluding carboxylic acids is 3. The lowest BCUT2D eigenvalue weighted by molar-refractivity contribution is -0.147. The van der Waals surface area contributed by atoms with Crippen LogP contribution < -0.4 is 5.32 Å². The highest BCUT2D eigenvalue weighted by atomic mass is 35.5. The van der Waals surface area contributed by atoms with Crippen molar-refractivity contribution in [1.82, 2.24) is 0 Å². The van der Waals surface area contributed by atoms with Gasteiger partial charge in [-0.05, 0) is 55.7 Å². The van der Waals surface area contributed by atoms with Crippen molar-refractivity contribution in [3.05, 3.63) is 63.7 Å². The van der Waals surface area contributed by atoms with E-state index in [4.69, 9.17) is 16.3 Å². The van der Waals surface area contributed by atoms with Gasteiger partial charge in [0.15, 0.2) is 12.4 Å². The van der Waals surface area contributed by atoms with Crippen molar-refractivity contribution in [1.29, 1.82) is 0 Å². The van der Waals surface area contributed by atoms with E-state index in [9.17, 15) is 14.4 Å². The highest BCUT2D eigenvalue weighted by Gasteiger charge is 2.13. The molecular weight excluding hydrogens is 366 g/mol. The third-order valence-corrected chi connectivity index (χ3v) is 4.70. The van der Waals surface area contributed by atoms with Gasteiger partial charge in [0.05, 0.1) is 6.42 Å². The molecule has 0 saturated carbocycles. The lowest BCUT2D eigenvalue weighted by Crippen LogP contribution is -2.21. The number of rotatable bonds is 7. The lowest BCUT2D eigenvalue weighted by Gasteiger charge is -2.10. The number of benzene rings is 2. The Bertz CT molecular complexity index is 876. The predicted molar refractivity (Wildman–Crippen MR) is 105 cm³/mol. The Hall–Kier alpha value is -2.66. The Labute approximate surface area is 163 Å². The molecule has 27 heavy (non-hydrogen) atoms. The van der Waals surface area contributed by atoms with Crippen LogP contribution in [0, 0.1) is 20.8 Å². The number of amides is 1. The number of hydrogen-bond acceptors (Lipinski definition) is 4. The zero-order valence-electron chi connectivity index (χ0n) is 15.6. The van der Waals surface area contributed by atoms with Crippen LogP contribution in [-0.2, 0) is 14.3 Å². The summed E-state index contributed by atoms with van der Waals surface area (Å²) < 4.78 is 4.94. The first-order chi connectivity index (χ1) is 12.8. The first-order valence-electron chi connectivity index (χ1n) is 8.59. The van der Waals surface area contributed by atoms with E-state index in [0.717, 1.165) is 16.7 Å². The summed E-state index contributed by atoms with van der Waals surface area (Å²) in [6.45, 7) is 5.27. The highest BCUT2D eigenvalue weighted by molar-refractivity contribution is 6.31. The van der Waals surface area contributed by atoms with E-state index in [-0.39, 0.29) is 18.6 Å². The molecule has 2 rings (SSSR count). The maximum Gasteiger partial charge on any atom is 0.306 e. The van der Waals surface area contributed by atoms with Crippen LogP contribution in [0.5, 0.6) is 0 Å². The number of nitrogens with one attached hydrogen (secondary N) is 1. The third kappa shape index (κ3) is 5.93. The molecule has 0 bridgehead atoms. The van der Waals surface area contributed by atoms with Crippen molar-refractivity contribution in [2.45, 2.75) is 33.6 Å². The van der Waals surface area contributed by atoms with Crippen LogP contribution >= 0.6 is 11.6 Å². The second-order valence-corrected chi connectivity index (χ2v) is 6.75. The summed E-state index contributed by atoms with van der Waals surface area (Å²) in [6.07, 6.45) is -0.0361. The molecule has 5 nitrogen and oxygen atoms in total. The van der Waals surface area contributed by atoms with E-state index in [2.05, 4.69) is 5.32 Å². The Morgan fingerprint density at radius 1 is 1.00 bits per heavy atom. The number of Topliss-reactive ketones (excluding diaryl/α,β-unsaturated/α-hetero) is 1. The molecule has 0 aliphatic rings. The average Bonchev–Trinajstić information content (AvgIpc) is 2.64. The molecule has 2 aromatic carbocycles. The standard InChI is InChI=1S/C21H22ClNO4/c1-13-7-8-16(11-14(13)2)19(24)9-10-21(26)27-12-20(25)23-18-6-4-5-17(22)15(18)3/h4-8,11H,9-10,12H2,1-3H3,(H,23,25). The van der Waals surface area contributed by atoms with Crippen LogP contribution in [0.25, 0.3) is 0 Å². The SMILES string of the molecule is Cc1ccc(C(=O)CCC(=O)OCC(=O)Nc2cccc(Cl)c2C)cc1C. The number of ketones is 1. The van der Waals surface area contributed by atoms with Crippen LogP contribution in [-0.4, -0.2) is 24.3 Å². The number of ether oxygens (including phenoxy) is 1. The van der Waals surface area contributed by atoms with Crippen LogP contribution in [0.3, 0.4) is 0 Å². The molecule has 142 valence electrons. The largest absolute Gasteiger partial charge is 0.456 e. The highest BCUT2D eigenvalue weighted by Crippen LogP contribution is 2.22. The van der Waals surface area contributed by atoms with E-state index in [1.165, 1.54) is 0 Å². The zero-order chi connectivity index (χ0) is 20.0. The molecule has 0 radical (unpaired) electrons. The number of halogens is 1. The van der Waals surface area contributed by atoms with Gasteiger partial charge in [0.1, 0.15) is 0 Å². The van der Waals surface area contributed by atoms with Crippen molar-refractivity contribution in [3.8, 4) is 0 Å². The molecule has 0 aliphatic carbocycles. The third-order valence-electron chi connectivity index (χ3n) is 4.29. The second-order valence-electron chi connectivity index (χ2n) is 6.34. The van der Waals surface area contributed by atoms with Gasteiger partial charge in [0, 0.05) is 22.7 Å². The van der Waals surface area contributed by atoms with Crippen molar-refractivity contribution < 1.29 is 19.1 Å². The summed E-state index contributed by atoms with van der Waals surface area (Å²) in [6, 6.07) is 10.6. The van der Waals surface area contributed by atoms with E-state index < -0.39 is 18.5 Å². The first-order valence-corrected chi connectivity index (χ1v) is 8.96. The maximum atomic E-state index is 12.2. The summed E-state index contributed by atoms with van der Waals surface area (Å²) in [4.78, 5) is 35.9. The second kappa shape index (κ2) is 9.33. The van der Waals surface area contributed by atoms with Gasteiger partial charge in [-0.25, -0.2) is 0 Å². The summed E-state index contributed by atoms with van der Waals surface area (Å²) in [7, 11) is 0. The minimum absolute atomic E-state index is 0.0381. The molecule has 1 N–H and O–H groups in total. The fourth-order valence-electron chi connectivity index (χ4n) is 2.42. The molecule has 0 saturated heterocycles. The lowest BCUT2D eigenvalue weighted by atomic mass is 10.0. The normalized spacial score (nSPS) is 10.4. The van der Waals surface area contributed by atoms with E-state index in [1.807, 2.05) is 26.0 Å². The molecular formula is C21H22ClNO4. The molecule has 2 aromatic rings. The number of carbonyl (C=O) groups is 3. The molecule has 0 fully saturated rings. The van der Waals surface area contributed by atoms with E-state index >= 15 is 0 Å². The fraction of sp³-hybridized carbons (Fsp3) is 0.286. The van der Waals surface area contributed by atoms with Gasteiger partial charge in [-0.2, -0.15) is 0 Å². The summed E-state index contributed by atoms with van der Waals surface area (Å²) in [5.41, 5.74) is 4.00. The number of anilines is 1. The van der Waals surface area contributed by atoms with Gasteiger partial charge in [-0.3, -0.25) is 14.4 Å². The van der Waals surface area contributed by atoms with Gasteiger partial charge < -0.3 is 10.1 Å². The molecule has 6 heteroatoms. The topological polar surface area (TPSA) is 72.5 Å². The molecule has 0 aliphatic heterocycles. The van der Waals surface area contributed by atoms with E-state index in [0.29, 0.717) is 16.3 Å². The average molecular weight is 388 g/mol. The number of aryl methyl sites for hydroxylation is 2. The van der Waals surface area contributed by atoms with Crippen molar-refractivity contribution in [3.63, 3.8) is 0 Å². The predicted octanol–water partition coefficient (Wildman–Crippen LogP) is 4.41. The van der Waals surface area contributed by atoms with Crippen LogP contribution in [0.15, 0.2) is 36.4 Å². The van der Waals surface area contributed by atoms with Crippen molar-refractivity contribution in [2.24, 2.45) is 0 Å². The molecule has 1 amide bonds. The maximum absolute atomic E-state index is 12.2. The Morgan fingerprint density at radius 3 is 2.44 bits per heavy atom. The van der Waals surface area contributed by atoms with Gasteiger partial charge in [0.25, 0.3) is 5.91 Å². The van der Waals surface area contributed by atoms with Crippen LogP contribution in [0.4, 0.5) is 5.69 Å². The molecule has 0 aromatic heterocycles. The van der Waals surface area contributed by atoms with Crippen LogP contribution in [0.2, 0.25) is 5.02 Å². The minimum Gasteiger partial charge on any atom is -0.456 e. The summed E-state index contributed by atoms with van der Waals surface area (Å²) >= 11 is 6.00. The smallest absolute Gasteiger partial charge is 0.306 e. The minimum atomic E-state index is -0.592. The first kappa shape index (κ1) is 20.6. The van der Waals surface area contributed by atoms with Gasteiger partial charge >= 0.3 is 5.97 Å². The Kier molecular flexibility index (Phi) is 7.13. The van der Waals surface area contributed by atoms with Crippen LogP contribution in [0.1, 0.15) is 39.9 Å². The van der Waals surface area contributed by atoms with Gasteiger partial charge in [0.2, 0.25) is 0 Å².